The zero-order chi connectivity index (χ0) is 11.9. The molecule has 1 aliphatic rings. The number of benzene rings is 1. The van der Waals surface area contributed by atoms with Gasteiger partial charge in [0.1, 0.15) is 0 Å². The van der Waals surface area contributed by atoms with Gasteiger partial charge in [0.25, 0.3) is 0 Å². The van der Waals surface area contributed by atoms with Crippen molar-refractivity contribution in [1.82, 2.24) is 0 Å². The average Bonchev–Trinajstić information content (AvgIpc) is 2.51. The number of anilines is 2. The summed E-state index contributed by atoms with van der Waals surface area (Å²) in [6, 6.07) is 4.11. The van der Waals surface area contributed by atoms with E-state index in [-0.39, 0.29) is 0 Å². The van der Waals surface area contributed by atoms with E-state index in [0.29, 0.717) is 27.7 Å². The van der Waals surface area contributed by atoms with Gasteiger partial charge >= 0.3 is 0 Å². The Morgan fingerprint density at radius 2 is 1.88 bits per heavy atom. The molecule has 1 aromatic rings. The highest BCUT2D eigenvalue weighted by atomic mass is 35.5. The summed E-state index contributed by atoms with van der Waals surface area (Å²) in [7, 11) is 0. The van der Waals surface area contributed by atoms with Crippen LogP contribution in [0.2, 0.25) is 10.0 Å². The summed E-state index contributed by atoms with van der Waals surface area (Å²) in [5.41, 5.74) is 7.70. The van der Waals surface area contributed by atoms with Crippen LogP contribution < -0.4 is 10.6 Å². The molecule has 2 atom stereocenters. The largest absolute Gasteiger partial charge is 0.397 e. The van der Waals surface area contributed by atoms with Crippen LogP contribution in [-0.2, 0) is 0 Å². The second-order valence-corrected chi connectivity index (χ2v) is 5.48. The Morgan fingerprint density at radius 3 is 2.44 bits per heavy atom. The van der Waals surface area contributed by atoms with Gasteiger partial charge in [-0.3, -0.25) is 0 Å². The number of halogens is 2. The van der Waals surface area contributed by atoms with E-state index in [0.717, 1.165) is 12.2 Å². The summed E-state index contributed by atoms with van der Waals surface area (Å²) in [5.74, 6) is 0.698. The fraction of sp³-hybridized carbons (Fsp3) is 0.500. The number of rotatable bonds is 1. The van der Waals surface area contributed by atoms with Crippen LogP contribution in [0.3, 0.4) is 0 Å². The monoisotopic (exact) mass is 258 g/mol. The van der Waals surface area contributed by atoms with Crippen molar-refractivity contribution < 1.29 is 0 Å². The van der Waals surface area contributed by atoms with Crippen LogP contribution in [0.5, 0.6) is 0 Å². The van der Waals surface area contributed by atoms with Crippen molar-refractivity contribution in [3.8, 4) is 0 Å². The molecule has 2 unspecified atom stereocenters. The molecule has 0 aliphatic carbocycles. The predicted octanol–water partition coefficient (Wildman–Crippen LogP) is 3.81. The fourth-order valence-corrected chi connectivity index (χ4v) is 2.77. The van der Waals surface area contributed by atoms with Crippen LogP contribution in [0.4, 0.5) is 11.4 Å². The van der Waals surface area contributed by atoms with Crippen molar-refractivity contribution in [3.63, 3.8) is 0 Å². The second kappa shape index (κ2) is 4.34. The van der Waals surface area contributed by atoms with Crippen molar-refractivity contribution in [1.29, 1.82) is 0 Å². The van der Waals surface area contributed by atoms with Gasteiger partial charge in [0.05, 0.1) is 21.4 Å². The lowest BCUT2D eigenvalue weighted by Gasteiger charge is -2.25. The summed E-state index contributed by atoms with van der Waals surface area (Å²) >= 11 is 12.0. The fourth-order valence-electron chi connectivity index (χ4n) is 2.44. The number of nitrogens with zero attached hydrogens (tertiary/aromatic N) is 1. The first-order valence-corrected chi connectivity index (χ1v) is 6.25. The van der Waals surface area contributed by atoms with Gasteiger partial charge in [-0.05, 0) is 31.4 Å². The summed E-state index contributed by atoms with van der Waals surface area (Å²) in [4.78, 5) is 2.31. The summed E-state index contributed by atoms with van der Waals surface area (Å²) < 4.78 is 0. The van der Waals surface area contributed by atoms with Gasteiger partial charge in [-0.15, -0.1) is 0 Å². The van der Waals surface area contributed by atoms with Crippen LogP contribution in [0.1, 0.15) is 20.3 Å². The van der Waals surface area contributed by atoms with E-state index in [9.17, 15) is 0 Å². The maximum Gasteiger partial charge on any atom is 0.0618 e. The average molecular weight is 259 g/mol. The van der Waals surface area contributed by atoms with Gasteiger partial charge in [0.2, 0.25) is 0 Å². The molecular formula is C12H16Cl2N2. The molecule has 0 amide bonds. The normalized spacial score (nSPS) is 25.1. The maximum atomic E-state index is 6.03. The molecule has 1 aliphatic heterocycles. The van der Waals surface area contributed by atoms with E-state index in [1.165, 1.54) is 6.42 Å². The van der Waals surface area contributed by atoms with Gasteiger partial charge in [-0.1, -0.05) is 30.1 Å². The first-order chi connectivity index (χ1) is 7.49. The third-order valence-corrected chi connectivity index (χ3v) is 3.89. The van der Waals surface area contributed by atoms with Crippen molar-refractivity contribution in [2.45, 2.75) is 26.3 Å². The van der Waals surface area contributed by atoms with Gasteiger partial charge in [-0.25, -0.2) is 0 Å². The predicted molar refractivity (Wildman–Crippen MR) is 71.5 cm³/mol. The van der Waals surface area contributed by atoms with Gasteiger partial charge in [0, 0.05) is 12.6 Å². The van der Waals surface area contributed by atoms with Gasteiger partial charge in [-0.2, -0.15) is 0 Å². The Balaban J connectivity index is 2.37. The van der Waals surface area contributed by atoms with E-state index >= 15 is 0 Å². The van der Waals surface area contributed by atoms with E-state index in [1.54, 1.807) is 6.07 Å². The number of nitrogens with two attached hydrogens (primary N) is 1. The van der Waals surface area contributed by atoms with E-state index in [2.05, 4.69) is 18.7 Å². The highest BCUT2D eigenvalue weighted by molar-refractivity contribution is 6.42. The molecule has 0 aromatic heterocycles. The molecule has 2 rings (SSSR count). The molecule has 2 N–H and O–H groups in total. The minimum absolute atomic E-state index is 0.509. The maximum absolute atomic E-state index is 6.03. The molecule has 2 nitrogen and oxygen atoms in total. The molecule has 0 saturated carbocycles. The minimum Gasteiger partial charge on any atom is -0.397 e. The molecule has 16 heavy (non-hydrogen) atoms. The first kappa shape index (κ1) is 11.9. The molecule has 1 saturated heterocycles. The molecule has 1 aromatic carbocycles. The summed E-state index contributed by atoms with van der Waals surface area (Å²) in [6.07, 6.45) is 1.19. The van der Waals surface area contributed by atoms with Crippen molar-refractivity contribution in [2.24, 2.45) is 5.92 Å². The zero-order valence-corrected chi connectivity index (χ0v) is 11.0. The number of hydrogen-bond acceptors (Lipinski definition) is 2. The highest BCUT2D eigenvalue weighted by Crippen LogP contribution is 2.37. The van der Waals surface area contributed by atoms with Crippen LogP contribution in [0.15, 0.2) is 12.1 Å². The van der Waals surface area contributed by atoms with Crippen LogP contribution in [-0.4, -0.2) is 12.6 Å². The smallest absolute Gasteiger partial charge is 0.0618 e. The Hall–Kier alpha value is -0.600. The van der Waals surface area contributed by atoms with Crippen LogP contribution in [0.25, 0.3) is 0 Å². The summed E-state index contributed by atoms with van der Waals surface area (Å²) in [5, 5.41) is 1.08. The lowest BCUT2D eigenvalue weighted by molar-refractivity contribution is 0.625. The van der Waals surface area contributed by atoms with Crippen molar-refractivity contribution in [3.05, 3.63) is 22.2 Å². The zero-order valence-electron chi connectivity index (χ0n) is 9.50. The van der Waals surface area contributed by atoms with E-state index in [1.807, 2.05) is 6.07 Å². The van der Waals surface area contributed by atoms with E-state index < -0.39 is 0 Å². The topological polar surface area (TPSA) is 29.3 Å². The van der Waals surface area contributed by atoms with Gasteiger partial charge in [0.15, 0.2) is 0 Å². The molecule has 88 valence electrons. The Morgan fingerprint density at radius 1 is 1.25 bits per heavy atom. The third kappa shape index (κ3) is 2.09. The first-order valence-electron chi connectivity index (χ1n) is 5.50. The van der Waals surface area contributed by atoms with E-state index in [4.69, 9.17) is 28.9 Å². The lowest BCUT2D eigenvalue weighted by Crippen LogP contribution is -2.27. The highest BCUT2D eigenvalue weighted by Gasteiger charge is 2.27. The van der Waals surface area contributed by atoms with Crippen molar-refractivity contribution in [2.75, 3.05) is 17.2 Å². The molecule has 4 heteroatoms. The molecule has 0 radical (unpaired) electrons. The Labute approximate surface area is 106 Å². The molecule has 1 heterocycles. The quantitative estimate of drug-likeness (QED) is 0.777. The standard InChI is InChI=1S/C12H16Cl2N2/c1-7-3-8(2)16(6-7)12-5-10(14)9(13)4-11(12)15/h4-5,7-8H,3,6,15H2,1-2H3. The number of nitrogen functional groups attached to an aromatic ring is 1. The molecular weight excluding hydrogens is 243 g/mol. The van der Waals surface area contributed by atoms with Crippen molar-refractivity contribution >= 4 is 34.6 Å². The van der Waals surface area contributed by atoms with Crippen LogP contribution in [0, 0.1) is 5.92 Å². The third-order valence-electron chi connectivity index (χ3n) is 3.16. The minimum atomic E-state index is 0.509. The Kier molecular flexibility index (Phi) is 3.22. The number of hydrogen-bond donors (Lipinski definition) is 1. The Bertz CT molecular complexity index is 406. The lowest BCUT2D eigenvalue weighted by atomic mass is 10.1. The molecule has 0 spiro atoms. The van der Waals surface area contributed by atoms with Gasteiger partial charge < -0.3 is 10.6 Å². The SMILES string of the molecule is CC1CC(C)N(c2cc(Cl)c(Cl)cc2N)C1. The second-order valence-electron chi connectivity index (χ2n) is 4.67. The molecule has 1 fully saturated rings. The van der Waals surface area contributed by atoms with Crippen LogP contribution >= 0.6 is 23.2 Å². The summed E-state index contributed by atoms with van der Waals surface area (Å²) in [6.45, 7) is 5.50. The molecule has 0 bridgehead atoms.